The van der Waals surface area contributed by atoms with Gasteiger partial charge in [-0.3, -0.25) is 9.59 Å². The molecule has 496 valence electrons. The molecule has 1 aromatic carbocycles. The van der Waals surface area contributed by atoms with Crippen molar-refractivity contribution in [1.82, 2.24) is 0 Å². The first-order valence-electron chi connectivity index (χ1n) is 31.8. The maximum absolute atomic E-state index is 13.8. The van der Waals surface area contributed by atoms with Crippen LogP contribution in [-0.4, -0.2) is 221 Å². The van der Waals surface area contributed by atoms with Crippen LogP contribution in [0.3, 0.4) is 0 Å². The number of hydrogen-bond donors (Lipinski definition) is 3. The summed E-state index contributed by atoms with van der Waals surface area (Å²) in [5, 5.41) is 38.2. The van der Waals surface area contributed by atoms with Crippen LogP contribution in [0.25, 0.3) is 0 Å². The van der Waals surface area contributed by atoms with Crippen molar-refractivity contribution in [2.24, 2.45) is 16.7 Å². The molecule has 0 aromatic heterocycles. The molecule has 0 spiro atoms. The number of carbonyl (C=O) groups is 3. The lowest BCUT2D eigenvalue weighted by atomic mass is 9.42. The lowest BCUT2D eigenvalue weighted by molar-refractivity contribution is -0.352. The molecule has 28 atom stereocenters. The van der Waals surface area contributed by atoms with Gasteiger partial charge in [0, 0.05) is 80.5 Å². The molecule has 4 aliphatic carbocycles. The summed E-state index contributed by atoms with van der Waals surface area (Å²) >= 11 is 0. The molecular formula is C65H98O23. The SMILES string of the molecule is CO[C@H]1C[C@H](O[C@H]2CC[C@@]3(C)C(=CC[C@]4(O)[C@@H]3C[C@@H](OC(=O)c3ccccc3)[C@@]3(C)[C@]4(O)CC[C@@]3(O)C(C)=O)C2)O[C@H](C)[C@H]1O[C@H]1C[C@H](OC)[C@H](O[C@H]2C[C@@H](OC)[C@H](O[C@H]3C[C@@H](OC)[C@H](O[C@H]4C[C@@H](OC)[C@H](OC(C)=O)[C@@H](C)O4)[C@@H](C)O3)[C@@H](C)O2)[C@@H](C)O1. The Morgan fingerprint density at radius 3 is 1.34 bits per heavy atom. The van der Waals surface area contributed by atoms with E-state index in [1.165, 1.54) is 13.8 Å². The van der Waals surface area contributed by atoms with Gasteiger partial charge in [-0.15, -0.1) is 0 Å². The summed E-state index contributed by atoms with van der Waals surface area (Å²) in [6.45, 7) is 15.8. The quantitative estimate of drug-likeness (QED) is 0.107. The third-order valence-electron chi connectivity index (χ3n) is 21.9. The van der Waals surface area contributed by atoms with Gasteiger partial charge < -0.3 is 95.8 Å². The minimum Gasteiger partial charge on any atom is -0.458 e. The van der Waals surface area contributed by atoms with Gasteiger partial charge in [-0.05, 0) is 111 Å². The zero-order chi connectivity index (χ0) is 63.4. The van der Waals surface area contributed by atoms with Crippen LogP contribution < -0.4 is 0 Å². The van der Waals surface area contributed by atoms with Crippen LogP contribution in [-0.2, 0) is 90.1 Å². The van der Waals surface area contributed by atoms with Crippen molar-refractivity contribution >= 4 is 17.7 Å². The summed E-state index contributed by atoms with van der Waals surface area (Å²) in [6, 6.07) is 8.52. The largest absolute Gasteiger partial charge is 0.458 e. The Labute approximate surface area is 517 Å². The van der Waals surface area contributed by atoms with Gasteiger partial charge in [-0.2, -0.15) is 0 Å². The fourth-order valence-corrected chi connectivity index (χ4v) is 16.9. The molecule has 5 saturated heterocycles. The predicted octanol–water partition coefficient (Wildman–Crippen LogP) is 5.94. The molecule has 3 saturated carbocycles. The molecule has 0 unspecified atom stereocenters. The van der Waals surface area contributed by atoms with E-state index in [9.17, 15) is 29.7 Å². The Balaban J connectivity index is 0.716. The Bertz CT molecular complexity index is 2590. The van der Waals surface area contributed by atoms with Crippen molar-refractivity contribution < 1.29 is 110 Å². The zero-order valence-electron chi connectivity index (χ0n) is 53.7. The molecule has 9 aliphatic rings. The number of esters is 2. The summed E-state index contributed by atoms with van der Waals surface area (Å²) in [7, 11) is 8.12. The van der Waals surface area contributed by atoms with E-state index in [4.69, 9.17) is 80.5 Å². The molecular weight excluding hydrogens is 1150 g/mol. The van der Waals surface area contributed by atoms with Gasteiger partial charge in [0.15, 0.2) is 43.3 Å². The average molecular weight is 1250 g/mol. The lowest BCUT2D eigenvalue weighted by Gasteiger charge is -2.67. The molecule has 3 N–H and O–H groups in total. The van der Waals surface area contributed by atoms with Crippen molar-refractivity contribution in [2.75, 3.05) is 35.5 Å². The Hall–Kier alpha value is -3.15. The molecule has 23 heteroatoms. The minimum absolute atomic E-state index is 0.0515. The van der Waals surface area contributed by atoms with E-state index in [-0.39, 0.29) is 31.8 Å². The number of fused-ring (bicyclic) bond motifs is 5. The maximum Gasteiger partial charge on any atom is 0.338 e. The number of rotatable bonds is 19. The number of hydrogen-bond acceptors (Lipinski definition) is 23. The molecule has 5 heterocycles. The van der Waals surface area contributed by atoms with Crippen molar-refractivity contribution in [3.05, 3.63) is 47.5 Å². The van der Waals surface area contributed by atoms with E-state index in [1.54, 1.807) is 72.8 Å². The van der Waals surface area contributed by atoms with E-state index in [1.807, 2.05) is 40.7 Å². The second kappa shape index (κ2) is 27.1. The lowest BCUT2D eigenvalue weighted by Crippen LogP contribution is -2.78. The number of ketones is 1. The highest BCUT2D eigenvalue weighted by Crippen LogP contribution is 2.71. The molecule has 0 radical (unpaired) electrons. The maximum atomic E-state index is 13.8. The molecule has 5 aliphatic heterocycles. The highest BCUT2D eigenvalue weighted by molar-refractivity contribution is 5.90. The second-order valence-corrected chi connectivity index (χ2v) is 26.7. The summed E-state index contributed by atoms with van der Waals surface area (Å²) in [6.07, 6.45) is -6.15. The first-order valence-corrected chi connectivity index (χ1v) is 31.8. The monoisotopic (exact) mass is 1250 g/mol. The van der Waals surface area contributed by atoms with Gasteiger partial charge in [0.05, 0.1) is 72.0 Å². The highest BCUT2D eigenvalue weighted by Gasteiger charge is 2.81. The topological polar surface area (TPSA) is 269 Å². The van der Waals surface area contributed by atoms with Crippen molar-refractivity contribution in [2.45, 2.75) is 291 Å². The standard InChI is InChI=1S/C65H98O23/c1-33-55(82-39(7)67)43(72-10)28-51(78-33)85-57-35(3)80-53(30-45(57)74-12)87-59-37(5)81-54(31-47(59)76-14)88-58-36(4)79-52(29-46(58)75-13)86-56-34(2)77-50(27-44(56)73-11)83-42-21-22-61(8)41(26-42)20-23-64(70)48(61)32-49(84-60(68)40-18-16-15-17-19-40)62(9)63(69,38(6)66)24-25-65(62,64)71/h15-20,33-37,42-59,69-71H,21-32H2,1-14H3/t33-,34-,35-,36-,37-,42+,43-,44+,45-,46+,47-,48-,49-,50+,51+,52+,53+,54+,55-,56-,57-,58-,59-,61+,62-,63-,64+,65-/m1/s1. The molecule has 10 rings (SSSR count). The third kappa shape index (κ3) is 12.5. The van der Waals surface area contributed by atoms with Crippen LogP contribution in [0.2, 0.25) is 0 Å². The van der Waals surface area contributed by atoms with Crippen LogP contribution in [0.5, 0.6) is 0 Å². The van der Waals surface area contributed by atoms with Crippen LogP contribution in [0.4, 0.5) is 0 Å². The first-order chi connectivity index (χ1) is 41.8. The fourth-order valence-electron chi connectivity index (χ4n) is 16.9. The third-order valence-corrected chi connectivity index (χ3v) is 21.9. The molecule has 0 amide bonds. The van der Waals surface area contributed by atoms with E-state index >= 15 is 0 Å². The normalized spacial score (nSPS) is 47.8. The van der Waals surface area contributed by atoms with Crippen molar-refractivity contribution in [3.8, 4) is 0 Å². The predicted molar refractivity (Wildman–Crippen MR) is 310 cm³/mol. The zero-order valence-corrected chi connectivity index (χ0v) is 53.7. The number of methoxy groups -OCH3 is 5. The van der Waals surface area contributed by atoms with Gasteiger partial charge >= 0.3 is 11.9 Å². The van der Waals surface area contributed by atoms with Gasteiger partial charge in [-0.25, -0.2) is 4.79 Å². The Kier molecular flexibility index (Phi) is 20.8. The molecule has 8 fully saturated rings. The number of benzene rings is 1. The molecule has 23 nitrogen and oxygen atoms in total. The van der Waals surface area contributed by atoms with Gasteiger partial charge in [0.1, 0.15) is 53.4 Å². The number of Topliss-reactive ketones (excluding diaryl/α,β-unsaturated/α-hetero) is 1. The smallest absolute Gasteiger partial charge is 0.338 e. The molecule has 1 aromatic rings. The van der Waals surface area contributed by atoms with E-state index in [0.29, 0.717) is 56.9 Å². The summed E-state index contributed by atoms with van der Waals surface area (Å²) in [5.74, 6) is -2.18. The van der Waals surface area contributed by atoms with Crippen LogP contribution in [0, 0.1) is 16.7 Å². The van der Waals surface area contributed by atoms with Gasteiger partial charge in [-0.1, -0.05) is 36.8 Å². The first kappa shape index (κ1) is 67.7. The summed E-state index contributed by atoms with van der Waals surface area (Å²) in [5.41, 5.74) is -6.75. The fraction of sp³-hybridized carbons (Fsp3) is 0.831. The minimum atomic E-state index is -2.05. The summed E-state index contributed by atoms with van der Waals surface area (Å²) < 4.78 is 107. The van der Waals surface area contributed by atoms with E-state index in [2.05, 4.69) is 6.92 Å². The Morgan fingerprint density at radius 2 is 0.932 bits per heavy atom. The van der Waals surface area contributed by atoms with Gasteiger partial charge in [0.2, 0.25) is 0 Å². The number of ether oxygens (including phenoxy) is 17. The average Bonchev–Trinajstić information content (AvgIpc) is 1.35. The molecule has 88 heavy (non-hydrogen) atoms. The number of aliphatic hydroxyl groups is 3. The van der Waals surface area contributed by atoms with E-state index in [0.717, 1.165) is 5.57 Å². The van der Waals surface area contributed by atoms with Crippen molar-refractivity contribution in [3.63, 3.8) is 0 Å². The summed E-state index contributed by atoms with van der Waals surface area (Å²) in [4.78, 5) is 38.9. The van der Waals surface area contributed by atoms with Crippen LogP contribution >= 0.6 is 0 Å². The number of carbonyl (C=O) groups excluding carboxylic acids is 3. The van der Waals surface area contributed by atoms with Gasteiger partial charge in [0.25, 0.3) is 0 Å². The Morgan fingerprint density at radius 1 is 0.523 bits per heavy atom. The highest BCUT2D eigenvalue weighted by atomic mass is 16.8. The molecule has 0 bridgehead atoms. The second-order valence-electron chi connectivity index (χ2n) is 26.7. The van der Waals surface area contributed by atoms with Crippen molar-refractivity contribution in [1.29, 1.82) is 0 Å². The van der Waals surface area contributed by atoms with E-state index < -0.39 is 180 Å². The van der Waals surface area contributed by atoms with Crippen LogP contribution in [0.1, 0.15) is 150 Å². The van der Waals surface area contributed by atoms with Crippen LogP contribution in [0.15, 0.2) is 42.0 Å².